The van der Waals surface area contributed by atoms with Crippen molar-refractivity contribution in [3.05, 3.63) is 30.1 Å². The van der Waals surface area contributed by atoms with Crippen LogP contribution in [0.25, 0.3) is 0 Å². The quantitative estimate of drug-likeness (QED) is 0.887. The average Bonchev–Trinajstić information content (AvgIpc) is 2.87. The van der Waals surface area contributed by atoms with Crippen molar-refractivity contribution < 1.29 is 19.1 Å². The molecule has 1 fully saturated rings. The summed E-state index contributed by atoms with van der Waals surface area (Å²) in [4.78, 5) is 25.7. The zero-order valence-electron chi connectivity index (χ0n) is 10.5. The van der Waals surface area contributed by atoms with Gasteiger partial charge in [0.2, 0.25) is 0 Å². The number of benzene rings is 1. The van der Waals surface area contributed by atoms with Crippen molar-refractivity contribution in [1.29, 1.82) is 0 Å². The first-order chi connectivity index (χ1) is 9.00. The highest BCUT2D eigenvalue weighted by atomic mass is 19.1. The summed E-state index contributed by atoms with van der Waals surface area (Å²) in [7, 11) is 1.48. The average molecular weight is 266 g/mol. The predicted molar refractivity (Wildman–Crippen MR) is 67.5 cm³/mol. The number of para-hydroxylation sites is 1. The van der Waals surface area contributed by atoms with Gasteiger partial charge in [0, 0.05) is 20.1 Å². The molecule has 0 aromatic heterocycles. The third-order valence-corrected chi connectivity index (χ3v) is 3.31. The largest absolute Gasteiger partial charge is 0.481 e. The maximum absolute atomic E-state index is 13.6. The van der Waals surface area contributed by atoms with Crippen LogP contribution < -0.4 is 4.90 Å². The summed E-state index contributed by atoms with van der Waals surface area (Å²) in [5.41, 5.74) is 0.186. The molecule has 1 atom stereocenters. The number of anilines is 1. The maximum atomic E-state index is 13.6. The number of hydrogen-bond acceptors (Lipinski definition) is 2. The van der Waals surface area contributed by atoms with Gasteiger partial charge in [-0.25, -0.2) is 9.18 Å². The topological polar surface area (TPSA) is 60.9 Å². The molecule has 1 unspecified atom stereocenters. The van der Waals surface area contributed by atoms with E-state index in [0.29, 0.717) is 13.0 Å². The van der Waals surface area contributed by atoms with Gasteiger partial charge in [0.05, 0.1) is 11.6 Å². The minimum absolute atomic E-state index is 0.174. The third kappa shape index (κ3) is 2.67. The molecule has 0 saturated carbocycles. The monoisotopic (exact) mass is 266 g/mol. The number of likely N-dealkylation sites (tertiary alicyclic amines) is 1. The highest BCUT2D eigenvalue weighted by molar-refractivity contribution is 5.92. The van der Waals surface area contributed by atoms with Gasteiger partial charge < -0.3 is 10.0 Å². The fourth-order valence-electron chi connectivity index (χ4n) is 2.17. The van der Waals surface area contributed by atoms with Crippen molar-refractivity contribution >= 4 is 17.7 Å². The molecule has 0 spiro atoms. The lowest BCUT2D eigenvalue weighted by Gasteiger charge is -2.24. The number of nitrogens with zero attached hydrogens (tertiary/aromatic N) is 2. The third-order valence-electron chi connectivity index (χ3n) is 3.31. The normalized spacial score (nSPS) is 18.4. The Kier molecular flexibility index (Phi) is 3.69. The Hall–Kier alpha value is -2.11. The number of amides is 2. The van der Waals surface area contributed by atoms with E-state index in [1.54, 1.807) is 12.1 Å². The summed E-state index contributed by atoms with van der Waals surface area (Å²) in [6.07, 6.45) is 0.437. The van der Waals surface area contributed by atoms with Crippen LogP contribution in [0.1, 0.15) is 6.42 Å². The summed E-state index contributed by atoms with van der Waals surface area (Å²) in [6, 6.07) is 5.61. The zero-order valence-corrected chi connectivity index (χ0v) is 10.5. The fourth-order valence-corrected chi connectivity index (χ4v) is 2.17. The van der Waals surface area contributed by atoms with Gasteiger partial charge in [-0.3, -0.25) is 9.69 Å². The van der Waals surface area contributed by atoms with E-state index in [9.17, 15) is 14.0 Å². The summed E-state index contributed by atoms with van der Waals surface area (Å²) < 4.78 is 13.6. The van der Waals surface area contributed by atoms with Gasteiger partial charge in [-0.2, -0.15) is 0 Å². The van der Waals surface area contributed by atoms with Crippen LogP contribution in [0.15, 0.2) is 24.3 Å². The lowest BCUT2D eigenvalue weighted by atomic mass is 10.1. The molecule has 19 heavy (non-hydrogen) atoms. The van der Waals surface area contributed by atoms with Crippen LogP contribution in [0.5, 0.6) is 0 Å². The molecule has 2 amide bonds. The molecule has 2 rings (SSSR count). The van der Waals surface area contributed by atoms with Crippen LogP contribution in [0, 0.1) is 11.7 Å². The number of carboxylic acids is 1. The number of rotatable bonds is 2. The van der Waals surface area contributed by atoms with E-state index in [4.69, 9.17) is 5.11 Å². The van der Waals surface area contributed by atoms with E-state index in [2.05, 4.69) is 0 Å². The summed E-state index contributed by atoms with van der Waals surface area (Å²) in [5, 5.41) is 8.90. The molecule has 1 aliphatic rings. The van der Waals surface area contributed by atoms with E-state index in [1.807, 2.05) is 0 Å². The standard InChI is InChI=1S/C13H15FN2O3/c1-15(11-5-3-2-4-10(11)14)13(19)16-7-6-9(8-16)12(17)18/h2-5,9H,6-8H2,1H3,(H,17,18). The Balaban J connectivity index is 2.09. The summed E-state index contributed by atoms with van der Waals surface area (Å²) in [6.45, 7) is 0.557. The highest BCUT2D eigenvalue weighted by Gasteiger charge is 2.32. The minimum Gasteiger partial charge on any atom is -0.481 e. The van der Waals surface area contributed by atoms with Crippen LogP contribution in [0.3, 0.4) is 0 Å². The Bertz CT molecular complexity index is 506. The molecule has 1 N–H and O–H groups in total. The first-order valence-electron chi connectivity index (χ1n) is 6.00. The molecule has 1 aromatic rings. The SMILES string of the molecule is CN(C(=O)N1CCC(C(=O)O)C1)c1ccccc1F. The molecule has 1 heterocycles. The van der Waals surface area contributed by atoms with E-state index >= 15 is 0 Å². The second-order valence-corrected chi connectivity index (χ2v) is 4.56. The van der Waals surface area contributed by atoms with E-state index < -0.39 is 17.7 Å². The Labute approximate surface area is 110 Å². The lowest BCUT2D eigenvalue weighted by molar-refractivity contribution is -0.141. The molecule has 1 aliphatic heterocycles. The van der Waals surface area contributed by atoms with Gasteiger partial charge in [-0.15, -0.1) is 0 Å². The zero-order chi connectivity index (χ0) is 14.0. The van der Waals surface area contributed by atoms with Crippen LogP contribution >= 0.6 is 0 Å². The Morgan fingerprint density at radius 2 is 2.11 bits per heavy atom. The molecule has 0 radical (unpaired) electrons. The molecular weight excluding hydrogens is 251 g/mol. The van der Waals surface area contributed by atoms with Gasteiger partial charge >= 0.3 is 12.0 Å². The van der Waals surface area contributed by atoms with Gasteiger partial charge in [0.25, 0.3) is 0 Å². The summed E-state index contributed by atoms with van der Waals surface area (Å²) in [5.74, 6) is -1.91. The second kappa shape index (κ2) is 5.26. The Morgan fingerprint density at radius 3 is 2.68 bits per heavy atom. The van der Waals surface area contributed by atoms with Gasteiger partial charge in [-0.05, 0) is 18.6 Å². The van der Waals surface area contributed by atoms with Crippen molar-refractivity contribution in [3.8, 4) is 0 Å². The summed E-state index contributed by atoms with van der Waals surface area (Å²) >= 11 is 0. The number of carboxylic acid groups (broad SMARTS) is 1. The number of hydrogen-bond donors (Lipinski definition) is 1. The molecule has 1 aromatic carbocycles. The van der Waals surface area contributed by atoms with Crippen molar-refractivity contribution in [2.45, 2.75) is 6.42 Å². The van der Waals surface area contributed by atoms with Gasteiger partial charge in [0.15, 0.2) is 0 Å². The first-order valence-corrected chi connectivity index (χ1v) is 6.00. The highest BCUT2D eigenvalue weighted by Crippen LogP contribution is 2.22. The first kappa shape index (κ1) is 13.3. The number of urea groups is 1. The fraction of sp³-hybridized carbons (Fsp3) is 0.385. The van der Waals surface area contributed by atoms with Crippen LogP contribution in [0.2, 0.25) is 0 Å². The molecular formula is C13H15FN2O3. The smallest absolute Gasteiger partial charge is 0.324 e. The molecule has 102 valence electrons. The van der Waals surface area contributed by atoms with Crippen molar-refractivity contribution in [2.75, 3.05) is 25.0 Å². The van der Waals surface area contributed by atoms with Crippen molar-refractivity contribution in [3.63, 3.8) is 0 Å². The number of carbonyl (C=O) groups excluding carboxylic acids is 1. The predicted octanol–water partition coefficient (Wildman–Crippen LogP) is 1.79. The Morgan fingerprint density at radius 1 is 1.42 bits per heavy atom. The molecule has 6 heteroatoms. The van der Waals surface area contributed by atoms with E-state index in [1.165, 1.54) is 29.0 Å². The second-order valence-electron chi connectivity index (χ2n) is 4.56. The number of aliphatic carboxylic acids is 1. The number of carbonyl (C=O) groups is 2. The molecule has 0 aliphatic carbocycles. The van der Waals surface area contributed by atoms with Crippen LogP contribution in [-0.4, -0.2) is 42.1 Å². The maximum Gasteiger partial charge on any atom is 0.324 e. The van der Waals surface area contributed by atoms with Gasteiger partial charge in [0.1, 0.15) is 5.82 Å². The van der Waals surface area contributed by atoms with Crippen LogP contribution in [0.4, 0.5) is 14.9 Å². The van der Waals surface area contributed by atoms with Crippen molar-refractivity contribution in [1.82, 2.24) is 4.90 Å². The molecule has 0 bridgehead atoms. The molecule has 1 saturated heterocycles. The number of halogens is 1. The van der Waals surface area contributed by atoms with E-state index in [0.717, 1.165) is 0 Å². The lowest BCUT2D eigenvalue weighted by Crippen LogP contribution is -2.40. The van der Waals surface area contributed by atoms with Crippen LogP contribution in [-0.2, 0) is 4.79 Å². The van der Waals surface area contributed by atoms with Crippen molar-refractivity contribution in [2.24, 2.45) is 5.92 Å². The molecule has 5 nitrogen and oxygen atoms in total. The van der Waals surface area contributed by atoms with E-state index in [-0.39, 0.29) is 18.3 Å². The minimum atomic E-state index is -0.899. The van der Waals surface area contributed by atoms with Gasteiger partial charge in [-0.1, -0.05) is 12.1 Å².